The number of ether oxygens (including phenoxy) is 1. The van der Waals surface area contributed by atoms with Crippen LogP contribution in [0.1, 0.15) is 36.7 Å². The summed E-state index contributed by atoms with van der Waals surface area (Å²) in [4.78, 5) is 14.9. The van der Waals surface area contributed by atoms with Crippen LogP contribution in [0, 0.1) is 5.92 Å². The van der Waals surface area contributed by atoms with E-state index >= 15 is 0 Å². The van der Waals surface area contributed by atoms with Gasteiger partial charge in [0.25, 0.3) is 5.91 Å². The molecule has 0 saturated carbocycles. The molecule has 0 unspecified atom stereocenters. The molecule has 1 fully saturated rings. The molecule has 7 heteroatoms. The second kappa shape index (κ2) is 10.3. The molecule has 1 aromatic heterocycles. The minimum Gasteiger partial charge on any atom is -0.490 e. The molecule has 3 rings (SSSR count). The van der Waals surface area contributed by atoms with E-state index in [-0.39, 0.29) is 18.3 Å². The number of para-hydroxylation sites is 1. The van der Waals surface area contributed by atoms with Crippen molar-refractivity contribution in [1.82, 2.24) is 20.0 Å². The van der Waals surface area contributed by atoms with Crippen molar-refractivity contribution in [3.8, 4) is 11.4 Å². The van der Waals surface area contributed by atoms with Crippen LogP contribution < -0.4 is 10.1 Å². The number of carbonyl (C=O) groups excluding carboxylic acids is 1. The molecule has 1 amide bonds. The molecule has 0 radical (unpaired) electrons. The van der Waals surface area contributed by atoms with Crippen molar-refractivity contribution in [2.24, 2.45) is 5.92 Å². The minimum atomic E-state index is -0.0322. The van der Waals surface area contributed by atoms with Gasteiger partial charge < -0.3 is 15.0 Å². The highest BCUT2D eigenvalue weighted by Crippen LogP contribution is 2.25. The van der Waals surface area contributed by atoms with E-state index in [1.165, 1.54) is 6.42 Å². The number of carbonyl (C=O) groups is 1. The Hall–Kier alpha value is -2.05. The molecule has 148 valence electrons. The Kier molecular flexibility index (Phi) is 8.13. The van der Waals surface area contributed by atoms with E-state index in [0.717, 1.165) is 38.2 Å². The van der Waals surface area contributed by atoms with Crippen molar-refractivity contribution in [3.63, 3.8) is 0 Å². The second-order valence-electron chi connectivity index (χ2n) is 6.68. The molecule has 0 bridgehead atoms. The van der Waals surface area contributed by atoms with Crippen molar-refractivity contribution in [2.45, 2.75) is 26.2 Å². The quantitative estimate of drug-likeness (QED) is 0.786. The first-order chi connectivity index (χ1) is 12.7. The smallest absolute Gasteiger partial charge is 0.278 e. The Balaban J connectivity index is 0.00000261. The van der Waals surface area contributed by atoms with Crippen LogP contribution in [-0.2, 0) is 0 Å². The highest BCUT2D eigenvalue weighted by atomic mass is 35.5. The molecule has 0 aliphatic carbocycles. The summed E-state index contributed by atoms with van der Waals surface area (Å²) in [5, 5.41) is 7.74. The number of aromatic nitrogens is 2. The molecule has 2 heterocycles. The highest BCUT2D eigenvalue weighted by molar-refractivity contribution is 5.95. The number of nitrogens with one attached hydrogen (secondary N) is 1. The number of hydrogen-bond donors (Lipinski definition) is 1. The van der Waals surface area contributed by atoms with Crippen molar-refractivity contribution in [1.29, 1.82) is 0 Å². The summed E-state index contributed by atoms with van der Waals surface area (Å²) in [6.07, 6.45) is 5.07. The van der Waals surface area contributed by atoms with Crippen molar-refractivity contribution < 1.29 is 9.53 Å². The molecule has 2 aromatic rings. The summed E-state index contributed by atoms with van der Waals surface area (Å²) < 4.78 is 7.41. The summed E-state index contributed by atoms with van der Waals surface area (Å²) in [5.74, 6) is 1.22. The van der Waals surface area contributed by atoms with Crippen LogP contribution in [0.5, 0.6) is 5.75 Å². The van der Waals surface area contributed by atoms with E-state index in [2.05, 4.69) is 10.4 Å². The van der Waals surface area contributed by atoms with Gasteiger partial charge in [0.1, 0.15) is 0 Å². The van der Waals surface area contributed by atoms with E-state index in [1.807, 2.05) is 49.2 Å². The van der Waals surface area contributed by atoms with Crippen LogP contribution in [0.2, 0.25) is 0 Å². The van der Waals surface area contributed by atoms with Gasteiger partial charge in [0.15, 0.2) is 11.4 Å². The van der Waals surface area contributed by atoms with Gasteiger partial charge in [-0.2, -0.15) is 5.10 Å². The summed E-state index contributed by atoms with van der Waals surface area (Å²) in [6.45, 7) is 5.04. The normalized spacial score (nSPS) is 14.7. The third-order valence-corrected chi connectivity index (χ3v) is 4.91. The Labute approximate surface area is 167 Å². The number of nitrogens with zero attached hydrogens (tertiary/aromatic N) is 3. The number of piperidine rings is 1. The maximum Gasteiger partial charge on any atom is 0.278 e. The lowest BCUT2D eigenvalue weighted by Gasteiger charge is -2.31. The Morgan fingerprint density at radius 3 is 2.59 bits per heavy atom. The molecule has 1 aromatic carbocycles. The van der Waals surface area contributed by atoms with Crippen molar-refractivity contribution in [2.75, 3.05) is 33.3 Å². The van der Waals surface area contributed by atoms with E-state index in [0.29, 0.717) is 24.0 Å². The Morgan fingerprint density at radius 2 is 1.96 bits per heavy atom. The SMILES string of the molecule is CCOc1cn(-c2ccccc2)nc1C(=O)N1CCC(CCNC)CC1.Cl. The second-order valence-corrected chi connectivity index (χ2v) is 6.68. The molecule has 1 aliphatic rings. The first kappa shape index (κ1) is 21.3. The minimum absolute atomic E-state index is 0. The standard InChI is InChI=1S/C20H28N4O2.ClH/c1-3-26-18-15-24(17-7-5-4-6-8-17)22-19(18)20(25)23-13-10-16(11-14-23)9-12-21-2;/h4-8,15-16,21H,3,9-14H2,1-2H3;1H. The van der Waals surface area contributed by atoms with Gasteiger partial charge in [0, 0.05) is 13.1 Å². The predicted octanol–water partition coefficient (Wildman–Crippen LogP) is 3.15. The third kappa shape index (κ3) is 5.23. The van der Waals surface area contributed by atoms with E-state index in [9.17, 15) is 4.79 Å². The van der Waals surface area contributed by atoms with Gasteiger partial charge >= 0.3 is 0 Å². The summed E-state index contributed by atoms with van der Waals surface area (Å²) in [5.41, 5.74) is 1.32. The number of likely N-dealkylation sites (tertiary alicyclic amines) is 1. The van der Waals surface area contributed by atoms with Crippen molar-refractivity contribution >= 4 is 18.3 Å². The van der Waals surface area contributed by atoms with Gasteiger partial charge in [-0.15, -0.1) is 12.4 Å². The summed E-state index contributed by atoms with van der Waals surface area (Å²) >= 11 is 0. The zero-order valence-corrected chi connectivity index (χ0v) is 16.9. The van der Waals surface area contributed by atoms with Crippen LogP contribution >= 0.6 is 12.4 Å². The van der Waals surface area contributed by atoms with E-state index in [1.54, 1.807) is 10.9 Å². The van der Waals surface area contributed by atoms with Crippen molar-refractivity contribution in [3.05, 3.63) is 42.2 Å². The van der Waals surface area contributed by atoms with Crippen LogP contribution in [0.25, 0.3) is 5.69 Å². The van der Waals surface area contributed by atoms with Crippen LogP contribution in [0.4, 0.5) is 0 Å². The van der Waals surface area contributed by atoms with Gasteiger partial charge in [0.05, 0.1) is 18.5 Å². The molecular formula is C20H29ClN4O2. The molecule has 1 saturated heterocycles. The lowest BCUT2D eigenvalue weighted by atomic mass is 9.93. The fraction of sp³-hybridized carbons (Fsp3) is 0.500. The van der Waals surface area contributed by atoms with E-state index < -0.39 is 0 Å². The molecule has 0 atom stereocenters. The van der Waals surface area contributed by atoms with Gasteiger partial charge in [-0.1, -0.05) is 18.2 Å². The average Bonchev–Trinajstić information content (AvgIpc) is 3.11. The zero-order valence-electron chi connectivity index (χ0n) is 16.1. The lowest BCUT2D eigenvalue weighted by molar-refractivity contribution is 0.0676. The maximum absolute atomic E-state index is 13.0. The van der Waals surface area contributed by atoms with Gasteiger partial charge in [0.2, 0.25) is 0 Å². The fourth-order valence-electron chi connectivity index (χ4n) is 3.40. The molecule has 6 nitrogen and oxygen atoms in total. The number of halogens is 1. The molecule has 0 spiro atoms. The predicted molar refractivity (Wildman–Crippen MR) is 109 cm³/mol. The third-order valence-electron chi connectivity index (χ3n) is 4.91. The zero-order chi connectivity index (χ0) is 18.4. The van der Waals surface area contributed by atoms with Gasteiger partial charge in [-0.05, 0) is 57.8 Å². The molecule has 1 aliphatic heterocycles. The van der Waals surface area contributed by atoms with Crippen LogP contribution in [-0.4, -0.2) is 53.9 Å². The number of benzene rings is 1. The first-order valence-corrected chi connectivity index (χ1v) is 9.44. The monoisotopic (exact) mass is 392 g/mol. The highest BCUT2D eigenvalue weighted by Gasteiger charge is 2.28. The maximum atomic E-state index is 13.0. The summed E-state index contributed by atoms with van der Waals surface area (Å²) in [7, 11) is 1.98. The lowest BCUT2D eigenvalue weighted by Crippen LogP contribution is -2.39. The van der Waals surface area contributed by atoms with E-state index in [4.69, 9.17) is 4.74 Å². The summed E-state index contributed by atoms with van der Waals surface area (Å²) in [6, 6.07) is 9.79. The molecule has 1 N–H and O–H groups in total. The molecule has 27 heavy (non-hydrogen) atoms. The Morgan fingerprint density at radius 1 is 1.26 bits per heavy atom. The number of rotatable bonds is 7. The van der Waals surface area contributed by atoms with Crippen LogP contribution in [0.3, 0.4) is 0 Å². The van der Waals surface area contributed by atoms with Gasteiger partial charge in [-0.3, -0.25) is 4.79 Å². The molecular weight excluding hydrogens is 364 g/mol. The largest absolute Gasteiger partial charge is 0.490 e. The Bertz CT molecular complexity index is 712. The van der Waals surface area contributed by atoms with Gasteiger partial charge in [-0.25, -0.2) is 4.68 Å². The number of amides is 1. The first-order valence-electron chi connectivity index (χ1n) is 9.44. The van der Waals surface area contributed by atoms with Crippen LogP contribution in [0.15, 0.2) is 36.5 Å². The average molecular weight is 393 g/mol. The topological polar surface area (TPSA) is 59.4 Å². The fourth-order valence-corrected chi connectivity index (χ4v) is 3.40. The number of hydrogen-bond acceptors (Lipinski definition) is 4.